The van der Waals surface area contributed by atoms with E-state index < -0.39 is 4.92 Å². The first kappa shape index (κ1) is 19.1. The molecule has 1 aliphatic heterocycles. The van der Waals surface area contributed by atoms with E-state index in [9.17, 15) is 19.7 Å². The Labute approximate surface area is 158 Å². The quantitative estimate of drug-likeness (QED) is 0.415. The summed E-state index contributed by atoms with van der Waals surface area (Å²) in [6.45, 7) is 2.65. The van der Waals surface area contributed by atoms with Crippen LogP contribution in [0.2, 0.25) is 0 Å². The number of carbonyl (C=O) groups is 1. The van der Waals surface area contributed by atoms with Crippen molar-refractivity contribution in [3.63, 3.8) is 0 Å². The number of aromatic nitrogens is 3. The first-order chi connectivity index (χ1) is 13.0. The summed E-state index contributed by atoms with van der Waals surface area (Å²) < 4.78 is 7.00. The Bertz CT molecular complexity index is 903. The van der Waals surface area contributed by atoms with Crippen LogP contribution in [0.25, 0.3) is 0 Å². The molecule has 0 spiro atoms. The van der Waals surface area contributed by atoms with Gasteiger partial charge in [-0.3, -0.25) is 19.5 Å². The molecular weight excluding hydrogens is 374 g/mol. The lowest BCUT2D eigenvalue weighted by Gasteiger charge is -2.11. The number of aromatic amines is 1. The minimum absolute atomic E-state index is 0.0119. The van der Waals surface area contributed by atoms with Gasteiger partial charge in [0.1, 0.15) is 0 Å². The molecule has 2 heterocycles. The second kappa shape index (κ2) is 8.35. The molecule has 11 heteroatoms. The normalized spacial score (nSPS) is 16.4. The van der Waals surface area contributed by atoms with Gasteiger partial charge in [0, 0.05) is 12.7 Å². The highest BCUT2D eigenvalue weighted by molar-refractivity contribution is 7.99. The van der Waals surface area contributed by atoms with Crippen LogP contribution in [0.3, 0.4) is 0 Å². The number of nitro benzene ring substituents is 1. The van der Waals surface area contributed by atoms with Crippen LogP contribution >= 0.6 is 11.8 Å². The fourth-order valence-corrected chi connectivity index (χ4v) is 3.60. The molecule has 1 atom stereocenters. The van der Waals surface area contributed by atoms with Gasteiger partial charge in [-0.1, -0.05) is 17.8 Å². The number of nitro groups is 1. The summed E-state index contributed by atoms with van der Waals surface area (Å²) in [6, 6.07) is 4.50. The second-order valence-corrected chi connectivity index (χ2v) is 7.04. The van der Waals surface area contributed by atoms with E-state index in [0.29, 0.717) is 29.6 Å². The lowest BCUT2D eigenvalue weighted by atomic mass is 10.1. The zero-order valence-electron chi connectivity index (χ0n) is 14.6. The van der Waals surface area contributed by atoms with Crippen molar-refractivity contribution >= 4 is 29.0 Å². The molecule has 2 aromatic rings. The van der Waals surface area contributed by atoms with E-state index in [2.05, 4.69) is 15.5 Å². The number of thioether (sulfide) groups is 1. The standard InChI is InChI=1S/C16H19N5O5S/c1-10-12(5-2-6-13(10)21(24)25)17-14(22)9-27-16-19-18-15(23)20(16)8-11-4-3-7-26-11/h2,5-6,11H,3-4,7-9H2,1H3,(H,17,22)(H,18,23). The fourth-order valence-electron chi connectivity index (χ4n) is 2.84. The number of nitrogens with one attached hydrogen (secondary N) is 2. The van der Waals surface area contributed by atoms with Gasteiger partial charge in [-0.25, -0.2) is 9.89 Å². The monoisotopic (exact) mass is 393 g/mol. The van der Waals surface area contributed by atoms with Gasteiger partial charge in [-0.05, 0) is 25.8 Å². The van der Waals surface area contributed by atoms with Crippen molar-refractivity contribution in [3.05, 3.63) is 44.4 Å². The number of amides is 1. The zero-order valence-corrected chi connectivity index (χ0v) is 15.5. The summed E-state index contributed by atoms with van der Waals surface area (Å²) in [7, 11) is 0. The number of carbonyl (C=O) groups excluding carboxylic acids is 1. The maximum Gasteiger partial charge on any atom is 0.344 e. The third-order valence-corrected chi connectivity index (χ3v) is 5.22. The summed E-state index contributed by atoms with van der Waals surface area (Å²) in [4.78, 5) is 34.6. The summed E-state index contributed by atoms with van der Waals surface area (Å²) in [6.07, 6.45) is 1.82. The van der Waals surface area contributed by atoms with Crippen LogP contribution in [0.1, 0.15) is 18.4 Å². The van der Waals surface area contributed by atoms with Gasteiger partial charge < -0.3 is 10.1 Å². The van der Waals surface area contributed by atoms with Gasteiger partial charge in [-0.15, -0.1) is 5.10 Å². The van der Waals surface area contributed by atoms with Gasteiger partial charge in [0.05, 0.1) is 34.6 Å². The van der Waals surface area contributed by atoms with Crippen LogP contribution < -0.4 is 11.0 Å². The van der Waals surface area contributed by atoms with E-state index in [1.807, 2.05) is 0 Å². The Hall–Kier alpha value is -2.66. The Kier molecular flexibility index (Phi) is 5.91. The Morgan fingerprint density at radius 1 is 1.56 bits per heavy atom. The number of rotatable bonds is 7. The maximum absolute atomic E-state index is 12.2. The van der Waals surface area contributed by atoms with Crippen molar-refractivity contribution < 1.29 is 14.5 Å². The molecule has 0 radical (unpaired) electrons. The van der Waals surface area contributed by atoms with Crippen LogP contribution in [0.4, 0.5) is 11.4 Å². The van der Waals surface area contributed by atoms with Crippen molar-refractivity contribution in [2.45, 2.75) is 37.6 Å². The number of ether oxygens (including phenoxy) is 1. The Morgan fingerprint density at radius 2 is 2.37 bits per heavy atom. The molecule has 10 nitrogen and oxygen atoms in total. The van der Waals surface area contributed by atoms with Crippen molar-refractivity contribution in [2.24, 2.45) is 0 Å². The van der Waals surface area contributed by atoms with E-state index in [0.717, 1.165) is 24.6 Å². The van der Waals surface area contributed by atoms with Crippen LogP contribution in [0.5, 0.6) is 0 Å². The summed E-state index contributed by atoms with van der Waals surface area (Å²) in [5.74, 6) is -0.333. The van der Waals surface area contributed by atoms with Gasteiger partial charge in [0.2, 0.25) is 5.91 Å². The summed E-state index contributed by atoms with van der Waals surface area (Å²) >= 11 is 1.11. The zero-order chi connectivity index (χ0) is 19.4. The van der Waals surface area contributed by atoms with Crippen LogP contribution in [0.15, 0.2) is 28.2 Å². The third-order valence-electron chi connectivity index (χ3n) is 4.24. The van der Waals surface area contributed by atoms with Crippen molar-refractivity contribution in [1.82, 2.24) is 14.8 Å². The SMILES string of the molecule is Cc1c(NC(=O)CSc2n[nH]c(=O)n2CC2CCCO2)cccc1[N+](=O)[O-]. The van der Waals surface area contributed by atoms with Gasteiger partial charge >= 0.3 is 5.69 Å². The van der Waals surface area contributed by atoms with Crippen molar-refractivity contribution in [2.75, 3.05) is 17.7 Å². The maximum atomic E-state index is 12.2. The average molecular weight is 393 g/mol. The van der Waals surface area contributed by atoms with Crippen molar-refractivity contribution in [3.8, 4) is 0 Å². The highest BCUT2D eigenvalue weighted by Crippen LogP contribution is 2.25. The highest BCUT2D eigenvalue weighted by atomic mass is 32.2. The number of nitrogens with zero attached hydrogens (tertiary/aromatic N) is 3. The first-order valence-corrected chi connectivity index (χ1v) is 9.37. The molecular formula is C16H19N5O5S. The minimum atomic E-state index is -0.493. The molecule has 1 saturated heterocycles. The molecule has 1 aromatic heterocycles. The van der Waals surface area contributed by atoms with Gasteiger partial charge in [0.15, 0.2) is 5.16 Å². The second-order valence-electron chi connectivity index (χ2n) is 6.10. The number of hydrogen-bond acceptors (Lipinski definition) is 7. The number of H-pyrrole nitrogens is 1. The lowest BCUT2D eigenvalue weighted by molar-refractivity contribution is -0.385. The Morgan fingerprint density at radius 3 is 3.07 bits per heavy atom. The molecule has 1 amide bonds. The number of hydrogen-bond donors (Lipinski definition) is 2. The molecule has 0 aliphatic carbocycles. The summed E-state index contributed by atoms with van der Waals surface area (Å²) in [5.41, 5.74) is 0.366. The fraction of sp³-hybridized carbons (Fsp3) is 0.438. The van der Waals surface area contributed by atoms with E-state index in [1.54, 1.807) is 13.0 Å². The lowest BCUT2D eigenvalue weighted by Crippen LogP contribution is -2.25. The molecule has 144 valence electrons. The van der Waals surface area contributed by atoms with E-state index >= 15 is 0 Å². The van der Waals surface area contributed by atoms with E-state index in [-0.39, 0.29) is 29.1 Å². The number of benzene rings is 1. The first-order valence-electron chi connectivity index (χ1n) is 8.39. The van der Waals surface area contributed by atoms with Crippen LogP contribution in [0, 0.1) is 17.0 Å². The molecule has 27 heavy (non-hydrogen) atoms. The number of anilines is 1. The molecule has 1 unspecified atom stereocenters. The van der Waals surface area contributed by atoms with Crippen LogP contribution in [-0.2, 0) is 16.1 Å². The van der Waals surface area contributed by atoms with Gasteiger partial charge in [-0.2, -0.15) is 0 Å². The third kappa shape index (κ3) is 4.55. The highest BCUT2D eigenvalue weighted by Gasteiger charge is 2.20. The smallest absolute Gasteiger partial charge is 0.344 e. The minimum Gasteiger partial charge on any atom is -0.376 e. The van der Waals surface area contributed by atoms with E-state index in [4.69, 9.17) is 4.74 Å². The molecule has 1 aromatic carbocycles. The molecule has 1 aliphatic rings. The van der Waals surface area contributed by atoms with Crippen molar-refractivity contribution in [1.29, 1.82) is 0 Å². The van der Waals surface area contributed by atoms with Crippen LogP contribution in [-0.4, -0.2) is 44.1 Å². The molecule has 2 N–H and O–H groups in total. The largest absolute Gasteiger partial charge is 0.376 e. The average Bonchev–Trinajstić information content (AvgIpc) is 3.26. The predicted octanol–water partition coefficient (Wildman–Crippen LogP) is 1.70. The molecule has 3 rings (SSSR count). The Balaban J connectivity index is 1.62. The van der Waals surface area contributed by atoms with E-state index in [1.165, 1.54) is 16.7 Å². The topological polar surface area (TPSA) is 132 Å². The predicted molar refractivity (Wildman–Crippen MR) is 99.0 cm³/mol. The summed E-state index contributed by atoms with van der Waals surface area (Å²) in [5, 5.41) is 20.4. The molecule has 1 fully saturated rings. The molecule has 0 bridgehead atoms. The molecule has 0 saturated carbocycles. The van der Waals surface area contributed by atoms with Gasteiger partial charge in [0.25, 0.3) is 5.69 Å².